The van der Waals surface area contributed by atoms with Gasteiger partial charge in [0, 0.05) is 29.4 Å². The fourth-order valence-corrected chi connectivity index (χ4v) is 5.02. The Labute approximate surface area is 207 Å². The predicted molar refractivity (Wildman–Crippen MR) is 135 cm³/mol. The van der Waals surface area contributed by atoms with Crippen LogP contribution in [0, 0.1) is 0 Å². The number of thioether (sulfide) groups is 1. The molecule has 0 unspecified atom stereocenters. The first-order valence-electron chi connectivity index (χ1n) is 11.0. The summed E-state index contributed by atoms with van der Waals surface area (Å²) < 4.78 is 7.24. The molecule has 34 heavy (non-hydrogen) atoms. The molecule has 6 nitrogen and oxygen atoms in total. The van der Waals surface area contributed by atoms with Crippen LogP contribution in [0.15, 0.2) is 78.0 Å². The average Bonchev–Trinajstić information content (AvgIpc) is 3.31. The summed E-state index contributed by atoms with van der Waals surface area (Å²) in [4.78, 5) is 15.0. The Balaban J connectivity index is 1.39. The smallest absolute Gasteiger partial charge is 0.233 e. The van der Waals surface area contributed by atoms with Crippen molar-refractivity contribution in [1.29, 1.82) is 0 Å². The molecular weight excluding hydrogens is 468 g/mol. The zero-order valence-electron chi connectivity index (χ0n) is 18.6. The van der Waals surface area contributed by atoms with Gasteiger partial charge in [0.1, 0.15) is 5.75 Å². The van der Waals surface area contributed by atoms with Gasteiger partial charge < -0.3 is 9.64 Å². The second kappa shape index (κ2) is 9.91. The summed E-state index contributed by atoms with van der Waals surface area (Å²) in [5, 5.41) is 10.2. The number of carbonyl (C=O) groups excluding carboxylic acids is 1. The lowest BCUT2D eigenvalue weighted by atomic mass is 10.00. The SMILES string of the molecule is COc1ccc(-c2nnc(SCC(=O)N3CCc4ccccc4C3)n2-c2ccc(Cl)cc2)cc1. The molecule has 5 rings (SSSR count). The molecule has 0 aliphatic carbocycles. The standard InChI is InChI=1S/C26H23ClN4O2S/c1-33-23-12-6-19(7-13-23)25-28-29-26(31(25)22-10-8-21(27)9-11-22)34-17-24(32)30-15-14-18-4-2-3-5-20(18)16-30/h2-13H,14-17H2,1H3. The summed E-state index contributed by atoms with van der Waals surface area (Å²) >= 11 is 7.51. The fraction of sp³-hybridized carbons (Fsp3) is 0.192. The Morgan fingerprint density at radius 3 is 2.47 bits per heavy atom. The number of fused-ring (bicyclic) bond motifs is 1. The fourth-order valence-electron chi connectivity index (χ4n) is 4.04. The lowest BCUT2D eigenvalue weighted by Gasteiger charge is -2.28. The van der Waals surface area contributed by atoms with Gasteiger partial charge in [0.25, 0.3) is 0 Å². The van der Waals surface area contributed by atoms with Crippen LogP contribution in [-0.4, -0.2) is 45.0 Å². The van der Waals surface area contributed by atoms with E-state index in [0.717, 1.165) is 30.0 Å². The van der Waals surface area contributed by atoms with E-state index in [2.05, 4.69) is 28.4 Å². The number of carbonyl (C=O) groups is 1. The van der Waals surface area contributed by atoms with Gasteiger partial charge in [0.15, 0.2) is 11.0 Å². The molecule has 0 N–H and O–H groups in total. The van der Waals surface area contributed by atoms with Crippen LogP contribution in [0.1, 0.15) is 11.1 Å². The van der Waals surface area contributed by atoms with Crippen molar-refractivity contribution in [3.63, 3.8) is 0 Å². The number of aromatic nitrogens is 3. The molecule has 1 aromatic heterocycles. The summed E-state index contributed by atoms with van der Waals surface area (Å²) in [6.07, 6.45) is 0.884. The number of hydrogen-bond donors (Lipinski definition) is 0. The van der Waals surface area contributed by atoms with Gasteiger partial charge >= 0.3 is 0 Å². The first-order valence-corrected chi connectivity index (χ1v) is 12.3. The maximum Gasteiger partial charge on any atom is 0.233 e. The molecule has 172 valence electrons. The zero-order valence-corrected chi connectivity index (χ0v) is 20.2. The third kappa shape index (κ3) is 4.67. The monoisotopic (exact) mass is 490 g/mol. The van der Waals surface area contributed by atoms with Crippen LogP contribution >= 0.6 is 23.4 Å². The minimum Gasteiger partial charge on any atom is -0.497 e. The topological polar surface area (TPSA) is 60.3 Å². The summed E-state index contributed by atoms with van der Waals surface area (Å²) in [5.74, 6) is 1.84. The molecule has 0 bridgehead atoms. The van der Waals surface area contributed by atoms with E-state index < -0.39 is 0 Å². The first kappa shape index (κ1) is 22.5. The molecule has 3 aromatic carbocycles. The molecular formula is C26H23ClN4O2S. The molecule has 1 aliphatic rings. The van der Waals surface area contributed by atoms with Gasteiger partial charge in [-0.1, -0.05) is 47.6 Å². The maximum absolute atomic E-state index is 13.0. The number of ether oxygens (including phenoxy) is 1. The highest BCUT2D eigenvalue weighted by Crippen LogP contribution is 2.30. The van der Waals surface area contributed by atoms with Crippen molar-refractivity contribution in [1.82, 2.24) is 19.7 Å². The minimum atomic E-state index is 0.0937. The number of halogens is 1. The number of methoxy groups -OCH3 is 1. The third-order valence-electron chi connectivity index (χ3n) is 5.87. The molecule has 8 heteroatoms. The Bertz CT molecular complexity index is 1310. The van der Waals surface area contributed by atoms with E-state index in [1.165, 1.54) is 22.9 Å². The van der Waals surface area contributed by atoms with Crippen molar-refractivity contribution in [2.45, 2.75) is 18.1 Å². The van der Waals surface area contributed by atoms with Crippen LogP contribution < -0.4 is 4.74 Å². The molecule has 0 spiro atoms. The molecule has 0 saturated heterocycles. The second-order valence-electron chi connectivity index (χ2n) is 7.97. The van der Waals surface area contributed by atoms with Gasteiger partial charge in [0.05, 0.1) is 12.9 Å². The minimum absolute atomic E-state index is 0.0937. The average molecular weight is 491 g/mol. The summed E-state index contributed by atoms with van der Waals surface area (Å²) in [7, 11) is 1.64. The molecule has 0 atom stereocenters. The van der Waals surface area contributed by atoms with E-state index in [1.807, 2.05) is 64.1 Å². The highest BCUT2D eigenvalue weighted by atomic mass is 35.5. The van der Waals surface area contributed by atoms with E-state index in [1.54, 1.807) is 7.11 Å². The third-order valence-corrected chi connectivity index (χ3v) is 7.04. The van der Waals surface area contributed by atoms with Crippen LogP contribution in [0.2, 0.25) is 5.02 Å². The van der Waals surface area contributed by atoms with E-state index >= 15 is 0 Å². The second-order valence-corrected chi connectivity index (χ2v) is 9.35. The number of rotatable bonds is 6. The summed E-state index contributed by atoms with van der Waals surface area (Å²) in [6.45, 7) is 1.38. The Kier molecular flexibility index (Phi) is 6.56. The number of hydrogen-bond acceptors (Lipinski definition) is 5. The molecule has 0 saturated carbocycles. The van der Waals surface area contributed by atoms with Crippen molar-refractivity contribution < 1.29 is 9.53 Å². The molecule has 0 fully saturated rings. The molecule has 1 aliphatic heterocycles. The van der Waals surface area contributed by atoms with E-state index in [9.17, 15) is 4.79 Å². The van der Waals surface area contributed by atoms with Gasteiger partial charge in [-0.15, -0.1) is 10.2 Å². The van der Waals surface area contributed by atoms with E-state index in [0.29, 0.717) is 22.5 Å². The van der Waals surface area contributed by atoms with Crippen LogP contribution in [0.25, 0.3) is 17.1 Å². The summed E-state index contributed by atoms with van der Waals surface area (Å²) in [6, 6.07) is 23.5. The Morgan fingerprint density at radius 2 is 1.74 bits per heavy atom. The molecule has 4 aromatic rings. The lowest BCUT2D eigenvalue weighted by molar-refractivity contribution is -0.129. The highest BCUT2D eigenvalue weighted by Gasteiger charge is 2.22. The molecule has 2 heterocycles. The quantitative estimate of drug-likeness (QED) is 0.344. The normalized spacial score (nSPS) is 12.9. The number of amides is 1. The van der Waals surface area contributed by atoms with Gasteiger partial charge in [-0.3, -0.25) is 9.36 Å². The predicted octanol–water partition coefficient (Wildman–Crippen LogP) is 5.27. The van der Waals surface area contributed by atoms with E-state index in [-0.39, 0.29) is 11.7 Å². The summed E-state index contributed by atoms with van der Waals surface area (Å²) in [5.41, 5.74) is 4.32. The van der Waals surface area contributed by atoms with Crippen molar-refractivity contribution in [2.75, 3.05) is 19.4 Å². The van der Waals surface area contributed by atoms with Crippen LogP contribution in [-0.2, 0) is 17.8 Å². The van der Waals surface area contributed by atoms with Crippen molar-refractivity contribution in [3.05, 3.63) is 88.9 Å². The van der Waals surface area contributed by atoms with Crippen molar-refractivity contribution in [2.24, 2.45) is 0 Å². The van der Waals surface area contributed by atoms with E-state index in [4.69, 9.17) is 16.3 Å². The zero-order chi connectivity index (χ0) is 23.5. The number of nitrogens with zero attached hydrogens (tertiary/aromatic N) is 4. The Morgan fingerprint density at radius 1 is 1.00 bits per heavy atom. The highest BCUT2D eigenvalue weighted by molar-refractivity contribution is 7.99. The van der Waals surface area contributed by atoms with Gasteiger partial charge in [-0.25, -0.2) is 0 Å². The van der Waals surface area contributed by atoms with Crippen molar-refractivity contribution >= 4 is 29.3 Å². The maximum atomic E-state index is 13.0. The van der Waals surface area contributed by atoms with Crippen molar-refractivity contribution in [3.8, 4) is 22.8 Å². The van der Waals surface area contributed by atoms with Crippen LogP contribution in [0.5, 0.6) is 5.75 Å². The lowest BCUT2D eigenvalue weighted by Crippen LogP contribution is -2.37. The molecule has 0 radical (unpaired) electrons. The van der Waals surface area contributed by atoms with Gasteiger partial charge in [0.2, 0.25) is 5.91 Å². The Hall–Kier alpha value is -3.29. The molecule has 1 amide bonds. The van der Waals surface area contributed by atoms with Crippen LogP contribution in [0.4, 0.5) is 0 Å². The first-order chi connectivity index (χ1) is 16.6. The van der Waals surface area contributed by atoms with Gasteiger partial charge in [-0.05, 0) is 66.1 Å². The van der Waals surface area contributed by atoms with Crippen LogP contribution in [0.3, 0.4) is 0 Å². The number of benzene rings is 3. The van der Waals surface area contributed by atoms with Gasteiger partial charge in [-0.2, -0.15) is 0 Å². The largest absolute Gasteiger partial charge is 0.497 e.